The van der Waals surface area contributed by atoms with Gasteiger partial charge in [-0.25, -0.2) is 12.8 Å². The molecular weight excluding hydrogens is 517 g/mol. The minimum atomic E-state index is -3.91. The Labute approximate surface area is 230 Å². The van der Waals surface area contributed by atoms with Gasteiger partial charge < -0.3 is 10.2 Å². The summed E-state index contributed by atoms with van der Waals surface area (Å²) < 4.78 is 40.0. The standard InChI is InChI=1S/C30H36FN3O4S/c1-22-11-13-24(14-12-22)20-33(27(29(36)32-30(2,3)4)19-23-9-7-6-8-10-23)28(35)21-34(39(5,37)38)26-17-15-25(31)16-18-26/h6-18,27H,19-21H2,1-5H3,(H,32,36). The van der Waals surface area contributed by atoms with Crippen molar-refractivity contribution in [2.24, 2.45) is 0 Å². The van der Waals surface area contributed by atoms with Gasteiger partial charge in [0.15, 0.2) is 0 Å². The molecule has 7 nitrogen and oxygen atoms in total. The molecule has 0 aromatic heterocycles. The van der Waals surface area contributed by atoms with E-state index in [-0.39, 0.29) is 24.6 Å². The number of nitrogens with one attached hydrogen (secondary N) is 1. The zero-order valence-electron chi connectivity index (χ0n) is 23.0. The smallest absolute Gasteiger partial charge is 0.244 e. The second kappa shape index (κ2) is 12.4. The summed E-state index contributed by atoms with van der Waals surface area (Å²) in [6.45, 7) is 7.07. The summed E-state index contributed by atoms with van der Waals surface area (Å²) in [5.41, 5.74) is 2.29. The first-order valence-electron chi connectivity index (χ1n) is 12.7. The third kappa shape index (κ3) is 8.92. The van der Waals surface area contributed by atoms with Crippen molar-refractivity contribution in [3.8, 4) is 0 Å². The highest BCUT2D eigenvalue weighted by Crippen LogP contribution is 2.21. The molecule has 3 aromatic rings. The summed E-state index contributed by atoms with van der Waals surface area (Å²) in [5, 5.41) is 2.98. The Morgan fingerprint density at radius 1 is 0.897 bits per heavy atom. The fourth-order valence-corrected chi connectivity index (χ4v) is 4.97. The lowest BCUT2D eigenvalue weighted by molar-refractivity contribution is -0.140. The van der Waals surface area contributed by atoms with Gasteiger partial charge in [-0.1, -0.05) is 60.2 Å². The molecule has 0 saturated carbocycles. The van der Waals surface area contributed by atoms with Crippen molar-refractivity contribution in [1.29, 1.82) is 0 Å². The van der Waals surface area contributed by atoms with Crippen LogP contribution in [0, 0.1) is 12.7 Å². The van der Waals surface area contributed by atoms with Gasteiger partial charge in [-0.15, -0.1) is 0 Å². The van der Waals surface area contributed by atoms with Crippen LogP contribution < -0.4 is 9.62 Å². The number of rotatable bonds is 10. The third-order valence-corrected chi connectivity index (χ3v) is 7.18. The predicted molar refractivity (Wildman–Crippen MR) is 152 cm³/mol. The van der Waals surface area contributed by atoms with Crippen molar-refractivity contribution in [2.75, 3.05) is 17.1 Å². The molecule has 3 aromatic carbocycles. The normalized spacial score (nSPS) is 12.5. The summed E-state index contributed by atoms with van der Waals surface area (Å²) in [6.07, 6.45) is 1.22. The van der Waals surface area contributed by atoms with Crippen LogP contribution in [0.15, 0.2) is 78.9 Å². The highest BCUT2D eigenvalue weighted by Gasteiger charge is 2.34. The first-order valence-corrected chi connectivity index (χ1v) is 14.5. The van der Waals surface area contributed by atoms with E-state index in [0.29, 0.717) is 0 Å². The van der Waals surface area contributed by atoms with E-state index < -0.39 is 39.9 Å². The van der Waals surface area contributed by atoms with E-state index >= 15 is 0 Å². The highest BCUT2D eigenvalue weighted by atomic mass is 32.2. The van der Waals surface area contributed by atoms with E-state index in [1.807, 2.05) is 82.3 Å². The van der Waals surface area contributed by atoms with Crippen molar-refractivity contribution in [3.63, 3.8) is 0 Å². The Kier molecular flexibility index (Phi) is 9.50. The van der Waals surface area contributed by atoms with E-state index in [1.54, 1.807) is 0 Å². The molecule has 0 radical (unpaired) electrons. The summed E-state index contributed by atoms with van der Waals surface area (Å²) >= 11 is 0. The van der Waals surface area contributed by atoms with Gasteiger partial charge in [-0.05, 0) is 63.1 Å². The van der Waals surface area contributed by atoms with Crippen molar-refractivity contribution in [3.05, 3.63) is 101 Å². The van der Waals surface area contributed by atoms with Gasteiger partial charge in [0.25, 0.3) is 0 Å². The van der Waals surface area contributed by atoms with E-state index in [2.05, 4.69) is 5.32 Å². The van der Waals surface area contributed by atoms with E-state index in [0.717, 1.165) is 39.4 Å². The van der Waals surface area contributed by atoms with Gasteiger partial charge >= 0.3 is 0 Å². The number of carbonyl (C=O) groups excluding carboxylic acids is 2. The molecule has 0 spiro atoms. The first kappa shape index (κ1) is 29.8. The molecule has 0 aliphatic heterocycles. The second-order valence-electron chi connectivity index (χ2n) is 10.7. The number of aryl methyl sites for hydroxylation is 1. The number of benzene rings is 3. The number of anilines is 1. The van der Waals surface area contributed by atoms with Crippen LogP contribution >= 0.6 is 0 Å². The molecule has 39 heavy (non-hydrogen) atoms. The Morgan fingerprint density at radius 2 is 1.49 bits per heavy atom. The minimum Gasteiger partial charge on any atom is -0.350 e. The lowest BCUT2D eigenvalue weighted by atomic mass is 10.0. The minimum absolute atomic E-state index is 0.0925. The zero-order chi connectivity index (χ0) is 28.8. The van der Waals surface area contributed by atoms with Gasteiger partial charge in [0.1, 0.15) is 18.4 Å². The number of carbonyl (C=O) groups is 2. The highest BCUT2D eigenvalue weighted by molar-refractivity contribution is 7.92. The van der Waals surface area contributed by atoms with Gasteiger partial charge in [0, 0.05) is 18.5 Å². The van der Waals surface area contributed by atoms with E-state index in [9.17, 15) is 22.4 Å². The summed E-state index contributed by atoms with van der Waals surface area (Å²) in [5.74, 6) is -1.43. The van der Waals surface area contributed by atoms with Crippen molar-refractivity contribution in [1.82, 2.24) is 10.2 Å². The summed E-state index contributed by atoms with van der Waals surface area (Å²) in [4.78, 5) is 29.1. The predicted octanol–water partition coefficient (Wildman–Crippen LogP) is 4.45. The van der Waals surface area contributed by atoms with Crippen LogP contribution in [0.25, 0.3) is 0 Å². The molecule has 0 aliphatic rings. The number of amides is 2. The maximum absolute atomic E-state index is 14.0. The molecule has 1 atom stereocenters. The monoisotopic (exact) mass is 553 g/mol. The molecular formula is C30H36FN3O4S. The number of hydrogen-bond acceptors (Lipinski definition) is 4. The third-order valence-electron chi connectivity index (χ3n) is 6.04. The lowest BCUT2D eigenvalue weighted by Gasteiger charge is -2.35. The van der Waals surface area contributed by atoms with Gasteiger partial charge in [0.05, 0.1) is 11.9 Å². The van der Waals surface area contributed by atoms with Crippen LogP contribution in [0.5, 0.6) is 0 Å². The topological polar surface area (TPSA) is 86.8 Å². The molecule has 1 unspecified atom stereocenters. The van der Waals surface area contributed by atoms with Crippen LogP contribution in [0.1, 0.15) is 37.5 Å². The number of nitrogens with zero attached hydrogens (tertiary/aromatic N) is 2. The fraction of sp³-hybridized carbons (Fsp3) is 0.333. The van der Waals surface area contributed by atoms with E-state index in [1.165, 1.54) is 17.0 Å². The van der Waals surface area contributed by atoms with E-state index in [4.69, 9.17) is 0 Å². The molecule has 0 aliphatic carbocycles. The molecule has 1 N–H and O–H groups in total. The van der Waals surface area contributed by atoms with Crippen LogP contribution in [0.3, 0.4) is 0 Å². The van der Waals surface area contributed by atoms with Crippen molar-refractivity contribution >= 4 is 27.5 Å². The second-order valence-corrected chi connectivity index (χ2v) is 12.6. The van der Waals surface area contributed by atoms with Crippen molar-refractivity contribution < 1.29 is 22.4 Å². The van der Waals surface area contributed by atoms with Crippen LogP contribution in [-0.4, -0.2) is 49.5 Å². The first-order chi connectivity index (χ1) is 18.2. The lowest BCUT2D eigenvalue weighted by Crippen LogP contribution is -2.56. The molecule has 0 fully saturated rings. The van der Waals surface area contributed by atoms with Gasteiger partial charge in [-0.3, -0.25) is 13.9 Å². The molecule has 9 heteroatoms. The SMILES string of the molecule is Cc1ccc(CN(C(=O)CN(c2ccc(F)cc2)S(C)(=O)=O)C(Cc2ccccc2)C(=O)NC(C)(C)C)cc1. The van der Waals surface area contributed by atoms with Crippen molar-refractivity contribution in [2.45, 2.75) is 52.2 Å². The number of hydrogen-bond donors (Lipinski definition) is 1. The van der Waals surface area contributed by atoms with Crippen LogP contribution in [-0.2, 0) is 32.6 Å². The Hall–Kier alpha value is -3.72. The molecule has 3 rings (SSSR count). The molecule has 0 bridgehead atoms. The Morgan fingerprint density at radius 3 is 2.03 bits per heavy atom. The largest absolute Gasteiger partial charge is 0.350 e. The average molecular weight is 554 g/mol. The quantitative estimate of drug-likeness (QED) is 0.402. The number of halogens is 1. The summed E-state index contributed by atoms with van der Waals surface area (Å²) in [7, 11) is -3.91. The molecule has 0 saturated heterocycles. The maximum Gasteiger partial charge on any atom is 0.244 e. The maximum atomic E-state index is 14.0. The number of sulfonamides is 1. The molecule has 208 valence electrons. The zero-order valence-corrected chi connectivity index (χ0v) is 23.8. The molecule has 2 amide bonds. The molecule has 0 heterocycles. The van der Waals surface area contributed by atoms with Gasteiger partial charge in [-0.2, -0.15) is 0 Å². The fourth-order valence-electron chi connectivity index (χ4n) is 4.12. The Balaban J connectivity index is 2.06. The Bertz CT molecular complexity index is 1370. The van der Waals surface area contributed by atoms with Crippen LogP contribution in [0.4, 0.5) is 10.1 Å². The van der Waals surface area contributed by atoms with Gasteiger partial charge in [0.2, 0.25) is 21.8 Å². The van der Waals surface area contributed by atoms with Crippen LogP contribution in [0.2, 0.25) is 0 Å². The average Bonchev–Trinajstić information content (AvgIpc) is 2.85. The summed E-state index contributed by atoms with van der Waals surface area (Å²) in [6, 6.07) is 20.9.